The summed E-state index contributed by atoms with van der Waals surface area (Å²) in [4.78, 5) is 79.4. The number of esters is 6. The molecule has 0 aromatic heterocycles. The molecule has 12 nitrogen and oxygen atoms in total. The van der Waals surface area contributed by atoms with Gasteiger partial charge >= 0.3 is 500 Å². The fraction of sp³-hybridized carbons (Fsp3) is 0.0909. The number of carbonyl (C=O) groups excluding carboxylic acids is 6. The van der Waals surface area contributed by atoms with Gasteiger partial charge in [-0.25, -0.2) is 0 Å². The molecule has 0 aliphatic heterocycles. The summed E-state index contributed by atoms with van der Waals surface area (Å²) in [5.41, 5.74) is 2.01. The predicted octanol–water partition coefficient (Wildman–Crippen LogP) is 7.38. The van der Waals surface area contributed by atoms with Gasteiger partial charge in [-0.2, -0.15) is 0 Å². The van der Waals surface area contributed by atoms with Crippen molar-refractivity contribution in [2.24, 2.45) is 0 Å². The Bertz CT molecular complexity index is 3030. The Morgan fingerprint density at radius 3 is 0.469 bits per heavy atom. The first kappa shape index (κ1) is 61.1. The molecular weight excluding hydrogens is 1610 g/mol. The van der Waals surface area contributed by atoms with Crippen LogP contribution in [0.4, 0.5) is 0 Å². The molecule has 0 spiro atoms. The number of rotatable bonds is 21. The van der Waals surface area contributed by atoms with Gasteiger partial charge in [-0.05, 0) is 0 Å². The van der Waals surface area contributed by atoms with E-state index in [-0.39, 0.29) is 34.6 Å². The van der Waals surface area contributed by atoms with E-state index in [1.807, 2.05) is 72.8 Å². The van der Waals surface area contributed by atoms with Crippen LogP contribution in [0.15, 0.2) is 238 Å². The van der Waals surface area contributed by atoms with Crippen LogP contribution in [0, 0.1) is 0 Å². The average Bonchev–Trinajstić information content (AvgIpc) is 3.46. The average molecular weight is 1670 g/mol. The topological polar surface area (TPSA) is 158 Å². The second-order valence-electron chi connectivity index (χ2n) is 18.5. The molecule has 0 bridgehead atoms. The van der Waals surface area contributed by atoms with Crippen molar-refractivity contribution in [3.8, 4) is 0 Å². The van der Waals surface area contributed by atoms with Crippen molar-refractivity contribution in [3.05, 3.63) is 271 Å². The summed E-state index contributed by atoms with van der Waals surface area (Å²) >= 11 is -11.0. The predicted molar refractivity (Wildman–Crippen MR) is 320 cm³/mol. The van der Waals surface area contributed by atoms with E-state index in [2.05, 4.69) is 57.7 Å². The van der Waals surface area contributed by atoms with Gasteiger partial charge in [-0.15, -0.1) is 0 Å². The number of ether oxygens (including phenoxy) is 6. The first-order valence-corrected chi connectivity index (χ1v) is 40.6. The van der Waals surface area contributed by atoms with Crippen LogP contribution in [0.3, 0.4) is 0 Å². The van der Waals surface area contributed by atoms with Gasteiger partial charge in [0.15, 0.2) is 0 Å². The third kappa shape index (κ3) is 16.3. The summed E-state index contributed by atoms with van der Waals surface area (Å²) in [6.45, 7) is 32.1. The zero-order chi connectivity index (χ0) is 58.7. The zero-order valence-corrected chi connectivity index (χ0v) is 56.0. The van der Waals surface area contributed by atoms with Crippen LogP contribution in [0.1, 0.15) is 104 Å². The Hall–Kier alpha value is -7.55. The van der Waals surface area contributed by atoms with Gasteiger partial charge in [0.2, 0.25) is 0 Å². The van der Waals surface area contributed by atoms with Crippen molar-refractivity contribution in [3.63, 3.8) is 0 Å². The quantitative estimate of drug-likeness (QED) is 0.0305. The van der Waals surface area contributed by atoms with E-state index < -0.39 is 101 Å². The van der Waals surface area contributed by atoms with E-state index in [0.29, 0.717) is 33.4 Å². The molecule has 0 amide bonds. The van der Waals surface area contributed by atoms with Crippen LogP contribution in [0.5, 0.6) is 0 Å². The van der Waals surface area contributed by atoms with Crippen LogP contribution in [0.25, 0.3) is 0 Å². The second-order valence-corrected chi connectivity index (χ2v) is 44.4. The Morgan fingerprint density at radius 1 is 0.235 bits per heavy atom. The van der Waals surface area contributed by atoms with Gasteiger partial charge in [0, 0.05) is 0 Å². The minimum absolute atomic E-state index is 0.252. The van der Waals surface area contributed by atoms with Crippen molar-refractivity contribution in [1.82, 2.24) is 0 Å². The Balaban J connectivity index is 1.56. The maximum atomic E-state index is 13.2. The monoisotopic (exact) mass is 1670 g/mol. The van der Waals surface area contributed by atoms with Gasteiger partial charge < -0.3 is 0 Å². The summed E-state index contributed by atoms with van der Waals surface area (Å²) in [6, 6.07) is 51.3. The first-order valence-electron chi connectivity index (χ1n) is 25.0. The van der Waals surface area contributed by atoms with E-state index in [1.54, 1.807) is 114 Å². The first-order chi connectivity index (χ1) is 38.5. The summed E-state index contributed by atoms with van der Waals surface area (Å²) in [7, 11) is 0. The van der Waals surface area contributed by atoms with Crippen molar-refractivity contribution in [1.29, 1.82) is 0 Å². The number of allylic oxidation sites excluding steroid dienone is 6. The molecule has 0 aliphatic carbocycles. The molecule has 0 aliphatic rings. The maximum absolute atomic E-state index is 13.2. The number of carbonyl (C=O) groups is 6. The normalized spacial score (nSPS) is 10.8. The Kier molecular flexibility index (Phi) is 20.9. The molecule has 0 unspecified atom stereocenters. The molecule has 0 saturated heterocycles. The fourth-order valence-corrected chi connectivity index (χ4v) is 40.3. The SMILES string of the molecule is C=C(C)OC(=O)c1cc[c]([Bi]([c]2ccc(C(=O)OC(=C)C)cc2)[c]2c[c]([Bi]([c]3ccc(C(=O)OC(=C)C)cc3)[c]3ccc(C(=O)OC(=C)C)cc3)c[c]([Bi]([c]3ccc(C(=O)OC(=C)C)cc3)[c]3ccc(C(=O)OC(=C)C)cc3)c2)cc1. The van der Waals surface area contributed by atoms with Gasteiger partial charge in [0.05, 0.1) is 0 Å². The molecule has 7 aromatic carbocycles. The molecule has 408 valence electrons. The molecule has 0 heterocycles. The molecule has 0 saturated carbocycles. The fourth-order valence-electron chi connectivity index (χ4n) is 8.09. The second kappa shape index (κ2) is 27.7. The minimum atomic E-state index is -3.67. The molecule has 0 N–H and O–H groups in total. The number of benzene rings is 7. The van der Waals surface area contributed by atoms with E-state index in [4.69, 9.17) is 28.4 Å². The summed E-state index contributed by atoms with van der Waals surface area (Å²) in [6.07, 6.45) is 0. The number of hydrogen-bond donors (Lipinski definition) is 0. The van der Waals surface area contributed by atoms with Crippen LogP contribution in [-0.2, 0) is 28.4 Å². The molecule has 0 atom stereocenters. The van der Waals surface area contributed by atoms with Crippen molar-refractivity contribution in [2.45, 2.75) is 41.5 Å². The summed E-state index contributed by atoms with van der Waals surface area (Å²) < 4.78 is 41.5. The standard InChI is InChI=1S/6C10H9O2.C6H3.3Bi/c6*1-8(2)12-10(11)9-6-4-3-5-7-9;1-2-4-6-5-3-1;;;/h6*4-7H,1H2,2H3;1,4-5H;;;. The Labute approximate surface area is 495 Å². The van der Waals surface area contributed by atoms with E-state index in [9.17, 15) is 28.8 Å². The van der Waals surface area contributed by atoms with Gasteiger partial charge in [-0.1, -0.05) is 0 Å². The number of hydrogen-bond acceptors (Lipinski definition) is 12. The van der Waals surface area contributed by atoms with Crippen molar-refractivity contribution < 1.29 is 57.2 Å². The van der Waals surface area contributed by atoms with E-state index in [0.717, 1.165) is 29.4 Å². The zero-order valence-electron chi connectivity index (χ0n) is 45.6. The molecule has 7 aromatic rings. The van der Waals surface area contributed by atoms with E-state index >= 15 is 0 Å². The van der Waals surface area contributed by atoms with Gasteiger partial charge in [0.25, 0.3) is 0 Å². The van der Waals surface area contributed by atoms with Crippen LogP contribution in [0.2, 0.25) is 0 Å². The third-order valence-corrected chi connectivity index (χ3v) is 39.5. The van der Waals surface area contributed by atoms with E-state index in [1.165, 1.54) is 0 Å². The molecule has 0 fully saturated rings. The summed E-state index contributed by atoms with van der Waals surface area (Å²) in [5, 5.41) is 0. The van der Waals surface area contributed by atoms with Crippen LogP contribution in [-0.4, -0.2) is 101 Å². The van der Waals surface area contributed by atoms with Crippen molar-refractivity contribution in [2.75, 3.05) is 0 Å². The molecular formula is C66H57Bi3O12. The van der Waals surface area contributed by atoms with Gasteiger partial charge in [-0.3, -0.25) is 0 Å². The molecule has 15 heteroatoms. The Morgan fingerprint density at radius 2 is 0.358 bits per heavy atom. The summed E-state index contributed by atoms with van der Waals surface area (Å²) in [5.74, 6) is -1.77. The van der Waals surface area contributed by atoms with Crippen LogP contribution >= 0.6 is 0 Å². The molecule has 0 radical (unpaired) electrons. The third-order valence-electron chi connectivity index (χ3n) is 11.4. The van der Waals surface area contributed by atoms with Gasteiger partial charge in [0.1, 0.15) is 0 Å². The van der Waals surface area contributed by atoms with Crippen molar-refractivity contribution >= 4 is 131 Å². The molecule has 7 rings (SSSR count). The van der Waals surface area contributed by atoms with Crippen LogP contribution < -0.4 is 29.4 Å². The molecule has 81 heavy (non-hydrogen) atoms.